The van der Waals surface area contributed by atoms with E-state index in [2.05, 4.69) is 4.98 Å². The Bertz CT molecular complexity index is 523. The minimum absolute atomic E-state index is 0.0691. The van der Waals surface area contributed by atoms with Crippen LogP contribution in [0.5, 0.6) is 5.75 Å². The van der Waals surface area contributed by atoms with E-state index in [0.29, 0.717) is 5.56 Å². The number of halogens is 3. The average molecular weight is 239 g/mol. The molecular weight excluding hydrogens is 231 g/mol. The Balaban J connectivity index is 2.55. The first kappa shape index (κ1) is 11.4. The molecule has 0 radical (unpaired) electrons. The van der Waals surface area contributed by atoms with Crippen LogP contribution in [-0.4, -0.2) is 10.1 Å². The highest BCUT2D eigenvalue weighted by atomic mass is 19.4. The highest BCUT2D eigenvalue weighted by molar-refractivity contribution is 5.65. The number of benzene rings is 1. The molecule has 0 aliphatic heterocycles. The van der Waals surface area contributed by atoms with Crippen LogP contribution >= 0.6 is 0 Å². The molecule has 1 aromatic heterocycles. The molecule has 0 aliphatic rings. The second kappa shape index (κ2) is 4.08. The van der Waals surface area contributed by atoms with Crippen molar-refractivity contribution in [3.63, 3.8) is 0 Å². The van der Waals surface area contributed by atoms with Gasteiger partial charge >= 0.3 is 6.18 Å². The van der Waals surface area contributed by atoms with Crippen molar-refractivity contribution in [1.82, 2.24) is 4.98 Å². The van der Waals surface area contributed by atoms with E-state index in [1.54, 1.807) is 30.3 Å². The maximum Gasteiger partial charge on any atom is 0.433 e. The zero-order valence-electron chi connectivity index (χ0n) is 8.57. The standard InChI is InChI=1S/C12H8F3NO/c13-12(14,15)10-7-6-9(17)11(16-10)8-4-2-1-3-5-8/h1-7,17H. The Morgan fingerprint density at radius 2 is 1.59 bits per heavy atom. The van der Waals surface area contributed by atoms with Gasteiger partial charge in [0, 0.05) is 5.56 Å². The van der Waals surface area contributed by atoms with E-state index in [-0.39, 0.29) is 11.4 Å². The van der Waals surface area contributed by atoms with E-state index >= 15 is 0 Å². The van der Waals surface area contributed by atoms with Crippen molar-refractivity contribution in [2.24, 2.45) is 0 Å². The van der Waals surface area contributed by atoms with Crippen LogP contribution in [0.4, 0.5) is 13.2 Å². The molecule has 0 fully saturated rings. The molecule has 2 aromatic rings. The summed E-state index contributed by atoms with van der Waals surface area (Å²) in [7, 11) is 0. The monoisotopic (exact) mass is 239 g/mol. The summed E-state index contributed by atoms with van der Waals surface area (Å²) >= 11 is 0. The summed E-state index contributed by atoms with van der Waals surface area (Å²) in [5.41, 5.74) is -0.648. The highest BCUT2D eigenvalue weighted by Crippen LogP contribution is 2.33. The van der Waals surface area contributed by atoms with Crippen molar-refractivity contribution in [2.45, 2.75) is 6.18 Å². The van der Waals surface area contributed by atoms with Gasteiger partial charge in [-0.1, -0.05) is 30.3 Å². The molecule has 2 nitrogen and oxygen atoms in total. The molecule has 2 rings (SSSR count). The van der Waals surface area contributed by atoms with Crippen molar-refractivity contribution < 1.29 is 18.3 Å². The van der Waals surface area contributed by atoms with Crippen molar-refractivity contribution in [3.8, 4) is 17.0 Å². The zero-order valence-corrected chi connectivity index (χ0v) is 8.57. The lowest BCUT2D eigenvalue weighted by Gasteiger charge is -2.09. The summed E-state index contributed by atoms with van der Waals surface area (Å²) in [6.45, 7) is 0. The number of rotatable bonds is 1. The fourth-order valence-electron chi connectivity index (χ4n) is 1.42. The number of nitrogens with zero attached hydrogens (tertiary/aromatic N) is 1. The number of alkyl halides is 3. The second-order valence-corrected chi connectivity index (χ2v) is 3.43. The number of pyridine rings is 1. The van der Waals surface area contributed by atoms with Gasteiger partial charge in [-0.3, -0.25) is 0 Å². The summed E-state index contributed by atoms with van der Waals surface area (Å²) in [5.74, 6) is -0.274. The average Bonchev–Trinajstić information content (AvgIpc) is 2.29. The third-order valence-corrected chi connectivity index (χ3v) is 2.21. The van der Waals surface area contributed by atoms with Crippen LogP contribution in [0.3, 0.4) is 0 Å². The van der Waals surface area contributed by atoms with Gasteiger partial charge in [0.2, 0.25) is 0 Å². The maximum atomic E-state index is 12.5. The van der Waals surface area contributed by atoms with Crippen LogP contribution in [0.1, 0.15) is 5.69 Å². The first-order valence-electron chi connectivity index (χ1n) is 4.81. The van der Waals surface area contributed by atoms with Gasteiger partial charge in [0.25, 0.3) is 0 Å². The zero-order chi connectivity index (χ0) is 12.5. The van der Waals surface area contributed by atoms with E-state index < -0.39 is 11.9 Å². The first-order valence-corrected chi connectivity index (χ1v) is 4.81. The van der Waals surface area contributed by atoms with Crippen LogP contribution in [0, 0.1) is 0 Å². The molecule has 1 aromatic carbocycles. The molecule has 0 unspecified atom stereocenters. The SMILES string of the molecule is Oc1ccc(C(F)(F)F)nc1-c1ccccc1. The highest BCUT2D eigenvalue weighted by Gasteiger charge is 2.33. The largest absolute Gasteiger partial charge is 0.506 e. The van der Waals surface area contributed by atoms with Gasteiger partial charge < -0.3 is 5.11 Å². The molecule has 1 N–H and O–H groups in total. The van der Waals surface area contributed by atoms with E-state index in [0.717, 1.165) is 12.1 Å². The third kappa shape index (κ3) is 2.38. The molecule has 0 spiro atoms. The van der Waals surface area contributed by atoms with E-state index in [4.69, 9.17) is 0 Å². The molecule has 88 valence electrons. The summed E-state index contributed by atoms with van der Waals surface area (Å²) in [5, 5.41) is 9.52. The topological polar surface area (TPSA) is 33.1 Å². The minimum Gasteiger partial charge on any atom is -0.506 e. The molecule has 0 amide bonds. The van der Waals surface area contributed by atoms with Crippen molar-refractivity contribution in [2.75, 3.05) is 0 Å². The Morgan fingerprint density at radius 1 is 0.941 bits per heavy atom. The fourth-order valence-corrected chi connectivity index (χ4v) is 1.42. The maximum absolute atomic E-state index is 12.5. The predicted octanol–water partition coefficient (Wildman–Crippen LogP) is 3.47. The summed E-state index contributed by atoms with van der Waals surface area (Å²) in [4.78, 5) is 3.44. The lowest BCUT2D eigenvalue weighted by Crippen LogP contribution is -2.08. The lowest BCUT2D eigenvalue weighted by molar-refractivity contribution is -0.141. The number of hydrogen-bond acceptors (Lipinski definition) is 2. The van der Waals surface area contributed by atoms with Gasteiger partial charge in [0.15, 0.2) is 0 Å². The van der Waals surface area contributed by atoms with Crippen molar-refractivity contribution in [3.05, 3.63) is 48.2 Å². The molecule has 0 bridgehead atoms. The Morgan fingerprint density at radius 3 is 2.18 bits per heavy atom. The Kier molecular flexibility index (Phi) is 2.75. The first-order chi connectivity index (χ1) is 7.98. The fraction of sp³-hybridized carbons (Fsp3) is 0.0833. The smallest absolute Gasteiger partial charge is 0.433 e. The van der Waals surface area contributed by atoms with Gasteiger partial charge in [-0.15, -0.1) is 0 Å². The molecule has 1 heterocycles. The van der Waals surface area contributed by atoms with Gasteiger partial charge in [-0.2, -0.15) is 13.2 Å². The van der Waals surface area contributed by atoms with Crippen LogP contribution in [-0.2, 0) is 6.18 Å². The number of aromatic hydroxyl groups is 1. The van der Waals surface area contributed by atoms with Crippen molar-refractivity contribution in [1.29, 1.82) is 0 Å². The van der Waals surface area contributed by atoms with Crippen LogP contribution in [0.25, 0.3) is 11.3 Å². The van der Waals surface area contributed by atoms with Gasteiger partial charge in [0.05, 0.1) is 0 Å². The third-order valence-electron chi connectivity index (χ3n) is 2.21. The molecule has 5 heteroatoms. The summed E-state index contributed by atoms with van der Waals surface area (Å²) in [6, 6.07) is 9.98. The van der Waals surface area contributed by atoms with Gasteiger partial charge in [-0.05, 0) is 12.1 Å². The van der Waals surface area contributed by atoms with E-state index in [1.165, 1.54) is 0 Å². The minimum atomic E-state index is -4.52. The van der Waals surface area contributed by atoms with Crippen LogP contribution < -0.4 is 0 Å². The molecule has 17 heavy (non-hydrogen) atoms. The Labute approximate surface area is 95.4 Å². The van der Waals surface area contributed by atoms with Crippen LogP contribution in [0.2, 0.25) is 0 Å². The Hall–Kier alpha value is -2.04. The van der Waals surface area contributed by atoms with Crippen molar-refractivity contribution >= 4 is 0 Å². The normalized spacial score (nSPS) is 11.5. The molecule has 0 saturated heterocycles. The van der Waals surface area contributed by atoms with Crippen LogP contribution in [0.15, 0.2) is 42.5 Å². The molecule has 0 atom stereocenters. The van der Waals surface area contributed by atoms with Gasteiger partial charge in [0.1, 0.15) is 17.1 Å². The van der Waals surface area contributed by atoms with E-state index in [9.17, 15) is 18.3 Å². The number of aromatic nitrogens is 1. The molecule has 0 aliphatic carbocycles. The predicted molar refractivity (Wildman–Crippen MR) is 56.3 cm³/mol. The van der Waals surface area contributed by atoms with Gasteiger partial charge in [-0.25, -0.2) is 4.98 Å². The summed E-state index contributed by atoms with van der Waals surface area (Å²) < 4.78 is 37.4. The number of hydrogen-bond donors (Lipinski definition) is 1. The van der Waals surface area contributed by atoms with E-state index in [1.807, 2.05) is 0 Å². The quantitative estimate of drug-likeness (QED) is 0.826. The second-order valence-electron chi connectivity index (χ2n) is 3.43. The molecule has 0 saturated carbocycles. The summed E-state index contributed by atoms with van der Waals surface area (Å²) in [6.07, 6.45) is -4.52. The molecular formula is C12H8F3NO. The lowest BCUT2D eigenvalue weighted by atomic mass is 10.1.